The quantitative estimate of drug-likeness (QED) is 0.846. The first-order valence-corrected chi connectivity index (χ1v) is 7.75. The average molecular weight is 282 g/mol. The maximum absolute atomic E-state index is 12.6. The van der Waals surface area contributed by atoms with Gasteiger partial charge in [-0.05, 0) is 31.6 Å². The predicted molar refractivity (Wildman–Crippen MR) is 76.5 cm³/mol. The van der Waals surface area contributed by atoms with Crippen LogP contribution >= 0.6 is 0 Å². The van der Waals surface area contributed by atoms with Crippen molar-refractivity contribution in [2.75, 3.05) is 20.1 Å². The highest BCUT2D eigenvalue weighted by Crippen LogP contribution is 2.28. The molecule has 0 spiro atoms. The fourth-order valence-corrected chi connectivity index (χ4v) is 3.59. The van der Waals surface area contributed by atoms with E-state index in [0.29, 0.717) is 31.5 Å². The summed E-state index contributed by atoms with van der Waals surface area (Å²) in [6, 6.07) is 0.316. The highest BCUT2D eigenvalue weighted by Gasteiger charge is 2.33. The van der Waals surface area contributed by atoms with Crippen molar-refractivity contribution in [3.05, 3.63) is 0 Å². The molecule has 2 amide bonds. The fourth-order valence-electron chi connectivity index (χ4n) is 3.59. The molecular weight excluding hydrogens is 256 g/mol. The average Bonchev–Trinajstić information content (AvgIpc) is 2.46. The first-order chi connectivity index (χ1) is 9.50. The molecule has 2 rings (SSSR count). The van der Waals surface area contributed by atoms with Gasteiger partial charge in [-0.15, -0.1) is 0 Å². The zero-order valence-electron chi connectivity index (χ0n) is 12.5. The summed E-state index contributed by atoms with van der Waals surface area (Å²) in [6.07, 6.45) is 6.16. The molecule has 0 bridgehead atoms. The Morgan fingerprint density at radius 3 is 2.50 bits per heavy atom. The summed E-state index contributed by atoms with van der Waals surface area (Å²) in [5.41, 5.74) is 0. The molecule has 20 heavy (non-hydrogen) atoms. The maximum Gasteiger partial charge on any atom is 0.320 e. The summed E-state index contributed by atoms with van der Waals surface area (Å²) in [5, 5.41) is 9.12. The van der Waals surface area contributed by atoms with E-state index in [4.69, 9.17) is 5.11 Å². The third-order valence-electron chi connectivity index (χ3n) is 4.91. The van der Waals surface area contributed by atoms with Crippen LogP contribution in [0.15, 0.2) is 0 Å². The van der Waals surface area contributed by atoms with E-state index in [1.165, 1.54) is 19.3 Å². The number of hydrogen-bond donors (Lipinski definition) is 1. The van der Waals surface area contributed by atoms with Gasteiger partial charge in [-0.25, -0.2) is 4.79 Å². The molecule has 1 N–H and O–H groups in total. The summed E-state index contributed by atoms with van der Waals surface area (Å²) in [5.74, 6) is -0.640. The molecule has 1 aliphatic heterocycles. The molecule has 2 aliphatic rings. The number of carboxylic acids is 1. The van der Waals surface area contributed by atoms with E-state index in [2.05, 4.69) is 6.92 Å². The van der Waals surface area contributed by atoms with Gasteiger partial charge in [0.25, 0.3) is 0 Å². The highest BCUT2D eigenvalue weighted by atomic mass is 16.4. The van der Waals surface area contributed by atoms with Crippen molar-refractivity contribution in [1.29, 1.82) is 0 Å². The van der Waals surface area contributed by atoms with Gasteiger partial charge in [0.15, 0.2) is 0 Å². The van der Waals surface area contributed by atoms with Crippen LogP contribution in [-0.4, -0.2) is 53.1 Å². The number of nitrogens with zero attached hydrogens (tertiary/aromatic N) is 2. The second-order valence-electron chi connectivity index (χ2n) is 6.35. The van der Waals surface area contributed by atoms with E-state index in [0.717, 1.165) is 12.8 Å². The molecule has 1 aliphatic carbocycles. The molecule has 2 unspecified atom stereocenters. The van der Waals surface area contributed by atoms with Crippen LogP contribution < -0.4 is 0 Å². The Bertz CT molecular complexity index is 372. The minimum Gasteiger partial charge on any atom is -0.481 e. The second-order valence-corrected chi connectivity index (χ2v) is 6.35. The van der Waals surface area contributed by atoms with Crippen molar-refractivity contribution < 1.29 is 14.7 Å². The van der Waals surface area contributed by atoms with E-state index in [1.807, 2.05) is 11.9 Å². The van der Waals surface area contributed by atoms with E-state index < -0.39 is 11.9 Å². The van der Waals surface area contributed by atoms with Crippen LogP contribution in [-0.2, 0) is 4.79 Å². The second kappa shape index (κ2) is 6.46. The number of aliphatic carboxylic acids is 1. The third-order valence-corrected chi connectivity index (χ3v) is 4.91. The van der Waals surface area contributed by atoms with Crippen molar-refractivity contribution in [3.63, 3.8) is 0 Å². The Morgan fingerprint density at radius 1 is 1.15 bits per heavy atom. The zero-order valence-corrected chi connectivity index (χ0v) is 12.5. The molecule has 1 saturated carbocycles. The molecule has 5 nitrogen and oxygen atoms in total. The molecule has 1 saturated heterocycles. The van der Waals surface area contributed by atoms with E-state index in [1.54, 1.807) is 4.90 Å². The molecular formula is C15H26N2O3. The maximum atomic E-state index is 12.6. The highest BCUT2D eigenvalue weighted by molar-refractivity contribution is 5.76. The number of hydrogen-bond acceptors (Lipinski definition) is 2. The minimum atomic E-state index is -0.781. The van der Waals surface area contributed by atoms with Gasteiger partial charge in [0.1, 0.15) is 0 Å². The SMILES string of the molecule is CC1CCCCC1N(C)C(=O)N1CCC[C@@H](C(=O)O)C1. The van der Waals surface area contributed by atoms with Crippen LogP contribution in [0.25, 0.3) is 0 Å². The van der Waals surface area contributed by atoms with Gasteiger partial charge < -0.3 is 14.9 Å². The van der Waals surface area contributed by atoms with Crippen LogP contribution in [0, 0.1) is 11.8 Å². The van der Waals surface area contributed by atoms with Gasteiger partial charge in [-0.1, -0.05) is 19.8 Å². The smallest absolute Gasteiger partial charge is 0.320 e. The van der Waals surface area contributed by atoms with Crippen molar-refractivity contribution in [2.45, 2.75) is 51.5 Å². The van der Waals surface area contributed by atoms with Crippen molar-refractivity contribution in [3.8, 4) is 0 Å². The monoisotopic (exact) mass is 282 g/mol. The van der Waals surface area contributed by atoms with Crippen LogP contribution in [0.1, 0.15) is 45.4 Å². The number of likely N-dealkylation sites (tertiary alicyclic amines) is 1. The summed E-state index contributed by atoms with van der Waals surface area (Å²) < 4.78 is 0. The van der Waals surface area contributed by atoms with Crippen molar-refractivity contribution >= 4 is 12.0 Å². The number of rotatable bonds is 2. The summed E-state index contributed by atoms with van der Waals surface area (Å²) in [7, 11) is 1.87. The Hall–Kier alpha value is -1.26. The Morgan fingerprint density at radius 2 is 1.85 bits per heavy atom. The first-order valence-electron chi connectivity index (χ1n) is 7.75. The molecule has 3 atom stereocenters. The van der Waals surface area contributed by atoms with Gasteiger partial charge in [-0.2, -0.15) is 0 Å². The molecule has 0 aromatic heterocycles. The van der Waals surface area contributed by atoms with Gasteiger partial charge in [0.2, 0.25) is 0 Å². The van der Waals surface area contributed by atoms with E-state index in [-0.39, 0.29) is 6.03 Å². The molecule has 0 aromatic rings. The molecule has 1 heterocycles. The number of piperidine rings is 1. The summed E-state index contributed by atoms with van der Waals surface area (Å²) in [6.45, 7) is 3.26. The number of amides is 2. The lowest BCUT2D eigenvalue weighted by Crippen LogP contribution is -2.52. The Kier molecular flexibility index (Phi) is 4.89. The van der Waals surface area contributed by atoms with Crippen molar-refractivity contribution in [2.24, 2.45) is 11.8 Å². The Labute approximate surface area is 120 Å². The van der Waals surface area contributed by atoms with Crippen LogP contribution in [0.3, 0.4) is 0 Å². The molecule has 0 radical (unpaired) electrons. The van der Waals surface area contributed by atoms with Gasteiger partial charge in [0, 0.05) is 26.2 Å². The fraction of sp³-hybridized carbons (Fsp3) is 0.867. The number of urea groups is 1. The standard InChI is InChI=1S/C15H26N2O3/c1-11-6-3-4-8-13(11)16(2)15(20)17-9-5-7-12(10-17)14(18)19/h11-13H,3-10H2,1-2H3,(H,18,19)/t11?,12-,13?/m1/s1. The molecule has 2 fully saturated rings. The number of carboxylic acid groups (broad SMARTS) is 1. The largest absolute Gasteiger partial charge is 0.481 e. The molecule has 0 aromatic carbocycles. The van der Waals surface area contributed by atoms with E-state index >= 15 is 0 Å². The lowest BCUT2D eigenvalue weighted by atomic mass is 9.85. The van der Waals surface area contributed by atoms with Gasteiger partial charge in [-0.3, -0.25) is 4.79 Å². The number of carbonyl (C=O) groups excluding carboxylic acids is 1. The normalized spacial score (nSPS) is 30.9. The van der Waals surface area contributed by atoms with Crippen LogP contribution in [0.4, 0.5) is 4.79 Å². The third kappa shape index (κ3) is 3.25. The van der Waals surface area contributed by atoms with Crippen LogP contribution in [0.2, 0.25) is 0 Å². The van der Waals surface area contributed by atoms with Crippen molar-refractivity contribution in [1.82, 2.24) is 9.80 Å². The molecule has 5 heteroatoms. The first kappa shape index (κ1) is 15.1. The lowest BCUT2D eigenvalue weighted by molar-refractivity contribution is -0.143. The predicted octanol–water partition coefficient (Wildman–Crippen LogP) is 2.41. The van der Waals surface area contributed by atoms with Gasteiger partial charge >= 0.3 is 12.0 Å². The topological polar surface area (TPSA) is 60.9 Å². The summed E-state index contributed by atoms with van der Waals surface area (Å²) >= 11 is 0. The minimum absolute atomic E-state index is 0.00898. The molecule has 114 valence electrons. The van der Waals surface area contributed by atoms with Crippen LogP contribution in [0.5, 0.6) is 0 Å². The Balaban J connectivity index is 1.97. The summed E-state index contributed by atoms with van der Waals surface area (Å²) in [4.78, 5) is 27.2. The number of carbonyl (C=O) groups is 2. The zero-order chi connectivity index (χ0) is 14.7. The van der Waals surface area contributed by atoms with E-state index in [9.17, 15) is 9.59 Å². The lowest BCUT2D eigenvalue weighted by Gasteiger charge is -2.40. The van der Waals surface area contributed by atoms with Gasteiger partial charge in [0.05, 0.1) is 5.92 Å².